The summed E-state index contributed by atoms with van der Waals surface area (Å²) < 4.78 is 6.06. The third-order valence-electron chi connectivity index (χ3n) is 4.73. The Bertz CT molecular complexity index is 743. The SMILES string of the molecule is C[As](C)CCC=C1C2=C(C=CC1CC(=O)O)OCc1ccccc1C2. The molecular weight excluding hydrogens is 375 g/mol. The van der Waals surface area contributed by atoms with E-state index in [1.54, 1.807) is 0 Å². The number of hydrogen-bond donors (Lipinski definition) is 1. The molecule has 132 valence electrons. The van der Waals surface area contributed by atoms with Crippen LogP contribution in [0.4, 0.5) is 0 Å². The van der Waals surface area contributed by atoms with Crippen molar-refractivity contribution in [2.75, 3.05) is 0 Å². The van der Waals surface area contributed by atoms with Crippen LogP contribution in [0.2, 0.25) is 16.6 Å². The van der Waals surface area contributed by atoms with Crippen molar-refractivity contribution in [1.29, 1.82) is 0 Å². The molecule has 0 spiro atoms. The number of carboxylic acid groups (broad SMARTS) is 1. The van der Waals surface area contributed by atoms with Gasteiger partial charge in [-0.25, -0.2) is 0 Å². The summed E-state index contributed by atoms with van der Waals surface area (Å²) in [5.41, 5.74) is 9.54. The number of allylic oxidation sites excluding steroid dienone is 5. The van der Waals surface area contributed by atoms with E-state index in [-0.39, 0.29) is 12.3 Å². The topological polar surface area (TPSA) is 46.5 Å². The van der Waals surface area contributed by atoms with E-state index in [2.05, 4.69) is 35.7 Å². The van der Waals surface area contributed by atoms with Gasteiger partial charge in [-0.1, -0.05) is 0 Å². The van der Waals surface area contributed by atoms with Gasteiger partial charge in [-0.3, -0.25) is 0 Å². The van der Waals surface area contributed by atoms with E-state index in [0.29, 0.717) is 6.61 Å². The Labute approximate surface area is 154 Å². The molecule has 1 aromatic rings. The second kappa shape index (κ2) is 8.10. The van der Waals surface area contributed by atoms with Crippen LogP contribution in [0.1, 0.15) is 24.0 Å². The van der Waals surface area contributed by atoms with Crippen molar-refractivity contribution in [3.8, 4) is 0 Å². The normalized spacial score (nSPS) is 20.9. The number of rotatable bonds is 5. The van der Waals surface area contributed by atoms with Crippen LogP contribution in [-0.2, 0) is 22.6 Å². The first kappa shape index (κ1) is 18.1. The molecule has 0 bridgehead atoms. The third-order valence-corrected chi connectivity index (χ3v) is 7.15. The molecule has 0 saturated carbocycles. The maximum atomic E-state index is 11.3. The van der Waals surface area contributed by atoms with Crippen molar-refractivity contribution < 1.29 is 14.6 Å². The molecule has 1 unspecified atom stereocenters. The van der Waals surface area contributed by atoms with Gasteiger partial charge in [0.15, 0.2) is 0 Å². The van der Waals surface area contributed by atoms with E-state index >= 15 is 0 Å². The molecule has 1 atom stereocenters. The fourth-order valence-corrected chi connectivity index (χ4v) is 4.79. The standard InChI is InChI=1S/C21H25AsO3/c1-22(2)11-5-8-18-16(13-21(23)24)9-10-20-19(18)12-15-6-3-4-7-17(15)14-25-20/h3-4,6-10,16H,5,11-14H2,1-2H3,(H,23,24). The Morgan fingerprint density at radius 1 is 1.32 bits per heavy atom. The second-order valence-corrected chi connectivity index (χ2v) is 12.4. The zero-order chi connectivity index (χ0) is 17.8. The van der Waals surface area contributed by atoms with Gasteiger partial charge in [0.1, 0.15) is 0 Å². The van der Waals surface area contributed by atoms with Crippen LogP contribution in [0, 0.1) is 5.92 Å². The van der Waals surface area contributed by atoms with Gasteiger partial charge in [0.05, 0.1) is 0 Å². The first-order chi connectivity index (χ1) is 12.0. The average molecular weight is 400 g/mol. The summed E-state index contributed by atoms with van der Waals surface area (Å²) in [5, 5.41) is 10.6. The van der Waals surface area contributed by atoms with Gasteiger partial charge < -0.3 is 0 Å². The van der Waals surface area contributed by atoms with Crippen LogP contribution in [0.25, 0.3) is 0 Å². The predicted octanol–water partition coefficient (Wildman–Crippen LogP) is 4.75. The summed E-state index contributed by atoms with van der Waals surface area (Å²) in [7, 11) is 0. The van der Waals surface area contributed by atoms with Gasteiger partial charge in [-0.2, -0.15) is 0 Å². The molecule has 2 aliphatic rings. The average Bonchev–Trinajstić information content (AvgIpc) is 2.75. The quantitative estimate of drug-likeness (QED) is 0.726. The summed E-state index contributed by atoms with van der Waals surface area (Å²) in [4.78, 5) is 11.3. The molecule has 25 heavy (non-hydrogen) atoms. The molecule has 3 nitrogen and oxygen atoms in total. The first-order valence-electron chi connectivity index (χ1n) is 8.72. The van der Waals surface area contributed by atoms with Crippen molar-refractivity contribution in [2.24, 2.45) is 5.92 Å². The third kappa shape index (κ3) is 4.46. The zero-order valence-electron chi connectivity index (χ0n) is 14.9. The molecule has 0 radical (unpaired) electrons. The van der Waals surface area contributed by atoms with Crippen LogP contribution >= 0.6 is 0 Å². The van der Waals surface area contributed by atoms with E-state index in [9.17, 15) is 9.90 Å². The molecule has 0 aromatic heterocycles. The van der Waals surface area contributed by atoms with E-state index in [1.807, 2.05) is 18.2 Å². The number of carbonyl (C=O) groups is 1. The number of fused-ring (bicyclic) bond motifs is 1. The van der Waals surface area contributed by atoms with Crippen molar-refractivity contribution in [2.45, 2.75) is 42.5 Å². The van der Waals surface area contributed by atoms with E-state index < -0.39 is 20.6 Å². The Balaban J connectivity index is 1.94. The summed E-state index contributed by atoms with van der Waals surface area (Å²) in [5.74, 6) is 0.101. The monoisotopic (exact) mass is 400 g/mol. The van der Waals surface area contributed by atoms with Crippen molar-refractivity contribution in [1.82, 2.24) is 0 Å². The summed E-state index contributed by atoms with van der Waals surface area (Å²) in [6.07, 6.45) is 8.24. The molecule has 1 heterocycles. The summed E-state index contributed by atoms with van der Waals surface area (Å²) in [6, 6.07) is 8.37. The number of benzene rings is 1. The number of hydrogen-bond acceptors (Lipinski definition) is 2. The maximum absolute atomic E-state index is 11.3. The molecule has 0 amide bonds. The van der Waals surface area contributed by atoms with Gasteiger partial charge in [0.25, 0.3) is 0 Å². The fourth-order valence-electron chi connectivity index (χ4n) is 3.43. The van der Waals surface area contributed by atoms with Crippen molar-refractivity contribution in [3.63, 3.8) is 0 Å². The van der Waals surface area contributed by atoms with Crippen LogP contribution in [0.15, 0.2) is 59.4 Å². The second-order valence-electron chi connectivity index (χ2n) is 6.89. The number of ether oxygens (including phenoxy) is 1. The Kier molecular flexibility index (Phi) is 5.85. The van der Waals surface area contributed by atoms with Crippen molar-refractivity contribution >= 4 is 20.6 Å². The zero-order valence-corrected chi connectivity index (χ0v) is 16.7. The summed E-state index contributed by atoms with van der Waals surface area (Å²) in [6.45, 7) is 0.579. The van der Waals surface area contributed by atoms with Crippen LogP contribution in [-0.4, -0.2) is 25.7 Å². The molecule has 0 fully saturated rings. The number of aliphatic carboxylic acids is 1. The van der Waals surface area contributed by atoms with Gasteiger partial charge in [0, 0.05) is 0 Å². The number of carboxylic acids is 1. The van der Waals surface area contributed by atoms with E-state index in [0.717, 1.165) is 24.2 Å². The van der Waals surface area contributed by atoms with Gasteiger partial charge in [0.2, 0.25) is 0 Å². The Hall–Kier alpha value is -1.73. The van der Waals surface area contributed by atoms with Crippen LogP contribution < -0.4 is 0 Å². The Morgan fingerprint density at radius 3 is 2.80 bits per heavy atom. The van der Waals surface area contributed by atoms with Crippen LogP contribution in [0.5, 0.6) is 0 Å². The van der Waals surface area contributed by atoms with E-state index in [1.165, 1.54) is 21.9 Å². The van der Waals surface area contributed by atoms with E-state index in [4.69, 9.17) is 4.74 Å². The minimum atomic E-state index is -0.752. The summed E-state index contributed by atoms with van der Waals surface area (Å²) >= 11 is -0.682. The first-order valence-corrected chi connectivity index (χ1v) is 13.8. The molecule has 3 rings (SSSR count). The molecule has 1 N–H and O–H groups in total. The molecule has 4 heteroatoms. The minimum absolute atomic E-state index is 0.0558. The van der Waals surface area contributed by atoms with Crippen molar-refractivity contribution in [3.05, 3.63) is 70.5 Å². The molecular formula is C21H25AsO3. The molecule has 1 aliphatic heterocycles. The van der Waals surface area contributed by atoms with Gasteiger partial charge >= 0.3 is 154 Å². The van der Waals surface area contributed by atoms with Gasteiger partial charge in [-0.05, 0) is 0 Å². The molecule has 1 aliphatic carbocycles. The molecule has 0 saturated heterocycles. The van der Waals surface area contributed by atoms with Gasteiger partial charge in [-0.15, -0.1) is 0 Å². The fraction of sp³-hybridized carbons (Fsp3) is 0.381. The Morgan fingerprint density at radius 2 is 2.08 bits per heavy atom. The molecule has 1 aromatic carbocycles. The predicted molar refractivity (Wildman–Crippen MR) is 102 cm³/mol. The van der Waals surface area contributed by atoms with Crippen LogP contribution in [0.3, 0.4) is 0 Å².